The molecule has 0 aromatic heterocycles. The summed E-state index contributed by atoms with van der Waals surface area (Å²) in [5.74, 6) is 1.87. The minimum Gasteiger partial charge on any atom is -0.508 e. The second-order valence-corrected chi connectivity index (χ2v) is 7.50. The number of piperazine rings is 1. The fourth-order valence-corrected chi connectivity index (χ4v) is 3.88. The van der Waals surface area contributed by atoms with E-state index in [4.69, 9.17) is 9.47 Å². The molecule has 1 fully saturated rings. The minimum atomic E-state index is -0.00723. The average Bonchev–Trinajstić information content (AvgIpc) is 3.10. The SMILES string of the molecule is COc1cc2c(cc1C=CC(=O)N1CCN(c3ccc(O)cc3)CC1)OC(C)C2. The van der Waals surface area contributed by atoms with Gasteiger partial charge in [-0.25, -0.2) is 0 Å². The van der Waals surface area contributed by atoms with Crippen LogP contribution >= 0.6 is 0 Å². The molecule has 1 N–H and O–H groups in total. The van der Waals surface area contributed by atoms with Crippen LogP contribution in [-0.2, 0) is 11.2 Å². The van der Waals surface area contributed by atoms with Crippen LogP contribution in [0.4, 0.5) is 5.69 Å². The molecule has 6 heteroatoms. The average molecular weight is 394 g/mol. The molecule has 0 aliphatic carbocycles. The standard InChI is InChI=1S/C23H26N2O4/c1-16-13-18-15-21(28-2)17(14-22(18)29-16)3-8-23(27)25-11-9-24(10-12-25)19-4-6-20(26)7-5-19/h3-8,14-16,26H,9-13H2,1-2H3. The lowest BCUT2D eigenvalue weighted by Crippen LogP contribution is -2.48. The number of phenols is 1. The summed E-state index contributed by atoms with van der Waals surface area (Å²) in [5, 5.41) is 9.43. The highest BCUT2D eigenvalue weighted by atomic mass is 16.5. The van der Waals surface area contributed by atoms with E-state index in [1.54, 1.807) is 31.4 Å². The molecular weight excluding hydrogens is 368 g/mol. The molecule has 0 radical (unpaired) electrons. The van der Waals surface area contributed by atoms with Crippen molar-refractivity contribution in [1.29, 1.82) is 0 Å². The van der Waals surface area contributed by atoms with Crippen LogP contribution in [0.3, 0.4) is 0 Å². The fourth-order valence-electron chi connectivity index (χ4n) is 3.88. The van der Waals surface area contributed by atoms with Gasteiger partial charge < -0.3 is 24.4 Å². The Labute approximate surface area is 171 Å². The molecule has 4 rings (SSSR count). The van der Waals surface area contributed by atoms with Gasteiger partial charge in [0.25, 0.3) is 0 Å². The molecule has 0 spiro atoms. The molecule has 1 unspecified atom stereocenters. The fraction of sp³-hybridized carbons (Fsp3) is 0.348. The Bertz CT molecular complexity index is 915. The molecule has 2 aliphatic rings. The number of methoxy groups -OCH3 is 1. The molecule has 2 aromatic rings. The molecule has 1 saturated heterocycles. The number of amides is 1. The Morgan fingerprint density at radius 2 is 1.90 bits per heavy atom. The number of benzene rings is 2. The van der Waals surface area contributed by atoms with E-state index >= 15 is 0 Å². The maximum Gasteiger partial charge on any atom is 0.246 e. The van der Waals surface area contributed by atoms with Gasteiger partial charge in [-0.3, -0.25) is 4.79 Å². The first-order chi connectivity index (χ1) is 14.0. The highest BCUT2D eigenvalue weighted by Crippen LogP contribution is 2.35. The highest BCUT2D eigenvalue weighted by Gasteiger charge is 2.22. The lowest BCUT2D eigenvalue weighted by molar-refractivity contribution is -0.126. The summed E-state index contributed by atoms with van der Waals surface area (Å²) in [7, 11) is 1.64. The number of aromatic hydroxyl groups is 1. The first-order valence-corrected chi connectivity index (χ1v) is 9.92. The van der Waals surface area contributed by atoms with Crippen molar-refractivity contribution < 1.29 is 19.4 Å². The summed E-state index contributed by atoms with van der Waals surface area (Å²) in [4.78, 5) is 16.7. The molecule has 152 valence electrons. The van der Waals surface area contributed by atoms with Crippen molar-refractivity contribution in [3.05, 3.63) is 53.6 Å². The molecule has 6 nitrogen and oxygen atoms in total. The van der Waals surface area contributed by atoms with E-state index in [1.165, 1.54) is 0 Å². The molecular formula is C23H26N2O4. The number of fused-ring (bicyclic) bond motifs is 1. The van der Waals surface area contributed by atoms with Crippen LogP contribution in [0.15, 0.2) is 42.5 Å². The van der Waals surface area contributed by atoms with Gasteiger partial charge in [0.1, 0.15) is 23.4 Å². The Kier molecular flexibility index (Phi) is 5.34. The van der Waals surface area contributed by atoms with Gasteiger partial charge in [-0.1, -0.05) is 0 Å². The Hall–Kier alpha value is -3.15. The molecule has 2 aromatic carbocycles. The highest BCUT2D eigenvalue weighted by molar-refractivity contribution is 5.92. The summed E-state index contributed by atoms with van der Waals surface area (Å²) in [6.07, 6.45) is 4.46. The maximum absolute atomic E-state index is 12.7. The molecule has 29 heavy (non-hydrogen) atoms. The van der Waals surface area contributed by atoms with Gasteiger partial charge in [-0.2, -0.15) is 0 Å². The number of nitrogens with zero attached hydrogens (tertiary/aromatic N) is 2. The van der Waals surface area contributed by atoms with Crippen molar-refractivity contribution in [1.82, 2.24) is 4.90 Å². The summed E-state index contributed by atoms with van der Waals surface area (Å²) in [5.41, 5.74) is 3.04. The third-order valence-electron chi connectivity index (χ3n) is 5.46. The third kappa shape index (κ3) is 4.16. The number of rotatable bonds is 4. The number of anilines is 1. The number of carbonyl (C=O) groups excluding carboxylic acids is 1. The van der Waals surface area contributed by atoms with Gasteiger partial charge in [0.2, 0.25) is 5.91 Å². The predicted molar refractivity (Wildman–Crippen MR) is 113 cm³/mol. The van der Waals surface area contributed by atoms with E-state index in [1.807, 2.05) is 36.1 Å². The van der Waals surface area contributed by atoms with Crippen molar-refractivity contribution in [3.63, 3.8) is 0 Å². The zero-order chi connectivity index (χ0) is 20.4. The predicted octanol–water partition coefficient (Wildman–Crippen LogP) is 3.09. The van der Waals surface area contributed by atoms with Crippen LogP contribution in [0, 0.1) is 0 Å². The zero-order valence-electron chi connectivity index (χ0n) is 16.8. The van der Waals surface area contributed by atoms with Crippen LogP contribution in [0.5, 0.6) is 17.2 Å². The number of carbonyl (C=O) groups is 1. The van der Waals surface area contributed by atoms with Crippen molar-refractivity contribution >= 4 is 17.7 Å². The quantitative estimate of drug-likeness (QED) is 0.808. The lowest BCUT2D eigenvalue weighted by Gasteiger charge is -2.35. The van der Waals surface area contributed by atoms with E-state index in [9.17, 15) is 9.90 Å². The molecule has 2 aliphatic heterocycles. The van der Waals surface area contributed by atoms with Gasteiger partial charge in [-0.05, 0) is 49.4 Å². The van der Waals surface area contributed by atoms with E-state index in [0.29, 0.717) is 13.1 Å². The van der Waals surface area contributed by atoms with Crippen molar-refractivity contribution in [2.24, 2.45) is 0 Å². The third-order valence-corrected chi connectivity index (χ3v) is 5.46. The van der Waals surface area contributed by atoms with Crippen molar-refractivity contribution in [3.8, 4) is 17.2 Å². The van der Waals surface area contributed by atoms with Gasteiger partial charge >= 0.3 is 0 Å². The number of hydrogen-bond donors (Lipinski definition) is 1. The topological polar surface area (TPSA) is 62.2 Å². The summed E-state index contributed by atoms with van der Waals surface area (Å²) in [6, 6.07) is 11.1. The Balaban J connectivity index is 1.39. The van der Waals surface area contributed by atoms with Gasteiger partial charge in [-0.15, -0.1) is 0 Å². The largest absolute Gasteiger partial charge is 0.508 e. The molecule has 2 heterocycles. The molecule has 1 amide bonds. The molecule has 0 bridgehead atoms. The van der Waals surface area contributed by atoms with Crippen LogP contribution in [0.25, 0.3) is 6.08 Å². The normalized spacial score (nSPS) is 18.6. The van der Waals surface area contributed by atoms with Gasteiger partial charge in [0.05, 0.1) is 7.11 Å². The van der Waals surface area contributed by atoms with Crippen molar-refractivity contribution in [2.45, 2.75) is 19.4 Å². The Morgan fingerprint density at radius 1 is 1.17 bits per heavy atom. The zero-order valence-corrected chi connectivity index (χ0v) is 16.8. The summed E-state index contributed by atoms with van der Waals surface area (Å²) in [6.45, 7) is 4.89. The lowest BCUT2D eigenvalue weighted by atomic mass is 10.1. The number of hydrogen-bond acceptors (Lipinski definition) is 5. The smallest absolute Gasteiger partial charge is 0.246 e. The Morgan fingerprint density at radius 3 is 2.59 bits per heavy atom. The van der Waals surface area contributed by atoms with Crippen molar-refractivity contribution in [2.75, 3.05) is 38.2 Å². The van der Waals surface area contributed by atoms with Crippen LogP contribution in [-0.4, -0.2) is 55.3 Å². The van der Waals surface area contributed by atoms with Gasteiger partial charge in [0.15, 0.2) is 0 Å². The van der Waals surface area contributed by atoms with E-state index in [0.717, 1.165) is 47.8 Å². The molecule has 1 atom stereocenters. The van der Waals surface area contributed by atoms with E-state index in [-0.39, 0.29) is 17.8 Å². The monoisotopic (exact) mass is 394 g/mol. The van der Waals surface area contributed by atoms with Crippen LogP contribution < -0.4 is 14.4 Å². The maximum atomic E-state index is 12.7. The van der Waals surface area contributed by atoms with E-state index < -0.39 is 0 Å². The van der Waals surface area contributed by atoms with E-state index in [2.05, 4.69) is 4.90 Å². The number of ether oxygens (including phenoxy) is 2. The summed E-state index contributed by atoms with van der Waals surface area (Å²) >= 11 is 0. The minimum absolute atomic E-state index is 0.00723. The molecule has 0 saturated carbocycles. The van der Waals surface area contributed by atoms with Gasteiger partial charge in [0, 0.05) is 55.5 Å². The van der Waals surface area contributed by atoms with Crippen LogP contribution in [0.2, 0.25) is 0 Å². The second-order valence-electron chi connectivity index (χ2n) is 7.50. The first-order valence-electron chi connectivity index (χ1n) is 9.92. The number of phenolic OH excluding ortho intramolecular Hbond substituents is 1. The second kappa shape index (κ2) is 8.07. The summed E-state index contributed by atoms with van der Waals surface area (Å²) < 4.78 is 11.3. The first kappa shape index (κ1) is 19.2. The van der Waals surface area contributed by atoms with Crippen LogP contribution in [0.1, 0.15) is 18.1 Å².